The van der Waals surface area contributed by atoms with Crippen LogP contribution < -0.4 is 9.64 Å². The van der Waals surface area contributed by atoms with Gasteiger partial charge in [-0.15, -0.1) is 0 Å². The Kier molecular flexibility index (Phi) is 4.49. The fourth-order valence-corrected chi connectivity index (χ4v) is 4.09. The molecule has 6 heteroatoms. The fourth-order valence-electron chi connectivity index (χ4n) is 4.09. The molecule has 1 aromatic carbocycles. The number of carbonyl (C=O) groups is 1. The van der Waals surface area contributed by atoms with Crippen LogP contribution in [-0.2, 0) is 11.3 Å². The van der Waals surface area contributed by atoms with E-state index >= 15 is 0 Å². The fraction of sp³-hybridized carbons (Fsp3) is 0.450. The van der Waals surface area contributed by atoms with Crippen LogP contribution in [0.25, 0.3) is 0 Å². The Morgan fingerprint density at radius 1 is 1.15 bits per heavy atom. The van der Waals surface area contributed by atoms with Gasteiger partial charge in [0.05, 0.1) is 7.11 Å². The Morgan fingerprint density at radius 2 is 1.92 bits per heavy atom. The third-order valence-electron chi connectivity index (χ3n) is 5.57. The first kappa shape index (κ1) is 16.8. The topological polar surface area (TPSA) is 58.6 Å². The minimum atomic E-state index is 0.0984. The lowest BCUT2D eigenvalue weighted by molar-refractivity contribution is -0.128. The SMILES string of the molecule is COc1cccc(CN2CC3(CCN(c4ncccn4)CC3)CC2=O)c1. The first-order valence-corrected chi connectivity index (χ1v) is 9.10. The summed E-state index contributed by atoms with van der Waals surface area (Å²) < 4.78 is 5.29. The summed E-state index contributed by atoms with van der Waals surface area (Å²) in [6, 6.07) is 9.80. The zero-order valence-corrected chi connectivity index (χ0v) is 15.1. The van der Waals surface area contributed by atoms with Crippen molar-refractivity contribution >= 4 is 11.9 Å². The van der Waals surface area contributed by atoms with E-state index in [1.54, 1.807) is 19.5 Å². The lowest BCUT2D eigenvalue weighted by Gasteiger charge is -2.38. The summed E-state index contributed by atoms with van der Waals surface area (Å²) in [6.45, 7) is 3.31. The summed E-state index contributed by atoms with van der Waals surface area (Å²) in [6.07, 6.45) is 6.22. The Labute approximate surface area is 153 Å². The molecule has 0 aliphatic carbocycles. The van der Waals surface area contributed by atoms with Crippen LogP contribution in [0, 0.1) is 5.41 Å². The smallest absolute Gasteiger partial charge is 0.225 e. The molecule has 4 rings (SSSR count). The molecule has 26 heavy (non-hydrogen) atoms. The third-order valence-corrected chi connectivity index (χ3v) is 5.57. The van der Waals surface area contributed by atoms with Crippen LogP contribution in [0.1, 0.15) is 24.8 Å². The number of methoxy groups -OCH3 is 1. The van der Waals surface area contributed by atoms with E-state index in [0.717, 1.165) is 49.7 Å². The van der Waals surface area contributed by atoms with Crippen molar-refractivity contribution < 1.29 is 9.53 Å². The van der Waals surface area contributed by atoms with Gasteiger partial charge in [-0.1, -0.05) is 12.1 Å². The van der Waals surface area contributed by atoms with Gasteiger partial charge in [0.25, 0.3) is 0 Å². The Hall–Kier alpha value is -2.63. The maximum atomic E-state index is 12.6. The molecule has 136 valence electrons. The summed E-state index contributed by atoms with van der Waals surface area (Å²) in [5.41, 5.74) is 1.21. The van der Waals surface area contributed by atoms with E-state index in [1.165, 1.54) is 0 Å². The summed E-state index contributed by atoms with van der Waals surface area (Å²) in [5.74, 6) is 1.89. The van der Waals surface area contributed by atoms with Gasteiger partial charge in [-0.25, -0.2) is 9.97 Å². The van der Waals surface area contributed by atoms with Gasteiger partial charge in [0, 0.05) is 50.4 Å². The molecule has 0 unspecified atom stereocenters. The molecule has 0 radical (unpaired) electrons. The molecule has 1 amide bonds. The van der Waals surface area contributed by atoms with Gasteiger partial charge in [0.15, 0.2) is 0 Å². The molecule has 1 spiro atoms. The van der Waals surface area contributed by atoms with E-state index in [1.807, 2.05) is 29.2 Å². The molecule has 1 aromatic heterocycles. The second-order valence-corrected chi connectivity index (χ2v) is 7.31. The number of nitrogens with zero attached hydrogens (tertiary/aromatic N) is 4. The minimum Gasteiger partial charge on any atom is -0.497 e. The molecular formula is C20H24N4O2. The Bertz CT molecular complexity index is 772. The van der Waals surface area contributed by atoms with Gasteiger partial charge in [-0.3, -0.25) is 4.79 Å². The van der Waals surface area contributed by atoms with E-state index in [-0.39, 0.29) is 11.3 Å². The van der Waals surface area contributed by atoms with E-state index in [4.69, 9.17) is 4.74 Å². The molecule has 2 aliphatic heterocycles. The summed E-state index contributed by atoms with van der Waals surface area (Å²) in [7, 11) is 1.67. The van der Waals surface area contributed by atoms with E-state index in [9.17, 15) is 4.79 Å². The predicted molar refractivity (Wildman–Crippen MR) is 98.9 cm³/mol. The first-order chi connectivity index (χ1) is 12.7. The highest BCUT2D eigenvalue weighted by Gasteiger charge is 2.45. The quantitative estimate of drug-likeness (QED) is 0.846. The van der Waals surface area contributed by atoms with Crippen LogP contribution in [-0.4, -0.2) is 47.5 Å². The van der Waals surface area contributed by atoms with Crippen molar-refractivity contribution in [3.05, 3.63) is 48.3 Å². The van der Waals surface area contributed by atoms with Crippen LogP contribution in [0.15, 0.2) is 42.7 Å². The maximum Gasteiger partial charge on any atom is 0.225 e. The largest absolute Gasteiger partial charge is 0.497 e. The summed E-state index contributed by atoms with van der Waals surface area (Å²) in [5, 5.41) is 0. The van der Waals surface area contributed by atoms with E-state index in [0.29, 0.717) is 13.0 Å². The van der Waals surface area contributed by atoms with E-state index < -0.39 is 0 Å². The van der Waals surface area contributed by atoms with Crippen molar-refractivity contribution in [2.75, 3.05) is 31.6 Å². The normalized spacial score (nSPS) is 19.2. The second kappa shape index (κ2) is 6.94. The van der Waals surface area contributed by atoms with Gasteiger partial charge in [0.1, 0.15) is 5.75 Å². The molecule has 0 saturated carbocycles. The average molecular weight is 352 g/mol. The maximum absolute atomic E-state index is 12.6. The van der Waals surface area contributed by atoms with Gasteiger partial charge in [-0.05, 0) is 36.6 Å². The molecule has 3 heterocycles. The van der Waals surface area contributed by atoms with Gasteiger partial charge in [0.2, 0.25) is 11.9 Å². The molecule has 0 bridgehead atoms. The third kappa shape index (κ3) is 3.36. The number of hydrogen-bond donors (Lipinski definition) is 0. The van der Waals surface area contributed by atoms with Gasteiger partial charge < -0.3 is 14.5 Å². The van der Waals surface area contributed by atoms with Crippen LogP contribution in [0.5, 0.6) is 5.75 Å². The molecule has 6 nitrogen and oxygen atoms in total. The van der Waals surface area contributed by atoms with Gasteiger partial charge >= 0.3 is 0 Å². The highest BCUT2D eigenvalue weighted by atomic mass is 16.5. The van der Waals surface area contributed by atoms with Crippen molar-refractivity contribution in [1.29, 1.82) is 0 Å². The van der Waals surface area contributed by atoms with Crippen molar-refractivity contribution in [1.82, 2.24) is 14.9 Å². The second-order valence-electron chi connectivity index (χ2n) is 7.31. The minimum absolute atomic E-state index is 0.0984. The summed E-state index contributed by atoms with van der Waals surface area (Å²) in [4.78, 5) is 25.5. The Balaban J connectivity index is 1.40. The number of piperidine rings is 1. The van der Waals surface area contributed by atoms with Crippen molar-refractivity contribution in [2.45, 2.75) is 25.8 Å². The molecule has 2 fully saturated rings. The van der Waals surface area contributed by atoms with Crippen molar-refractivity contribution in [2.24, 2.45) is 5.41 Å². The zero-order valence-electron chi connectivity index (χ0n) is 15.1. The molecule has 0 N–H and O–H groups in total. The highest BCUT2D eigenvalue weighted by molar-refractivity contribution is 5.79. The first-order valence-electron chi connectivity index (χ1n) is 9.10. The number of hydrogen-bond acceptors (Lipinski definition) is 5. The number of amides is 1. The number of rotatable bonds is 4. The average Bonchev–Trinajstić information content (AvgIpc) is 2.98. The number of anilines is 1. The predicted octanol–water partition coefficient (Wildman–Crippen LogP) is 2.50. The molecule has 0 atom stereocenters. The number of carbonyl (C=O) groups excluding carboxylic acids is 1. The molecular weight excluding hydrogens is 328 g/mol. The van der Waals surface area contributed by atoms with Crippen LogP contribution in [0.2, 0.25) is 0 Å². The van der Waals surface area contributed by atoms with Crippen LogP contribution >= 0.6 is 0 Å². The number of benzene rings is 1. The Morgan fingerprint density at radius 3 is 2.65 bits per heavy atom. The zero-order chi connectivity index (χ0) is 18.0. The highest BCUT2D eigenvalue weighted by Crippen LogP contribution is 2.42. The van der Waals surface area contributed by atoms with Gasteiger partial charge in [-0.2, -0.15) is 0 Å². The molecule has 2 aromatic rings. The summed E-state index contributed by atoms with van der Waals surface area (Å²) >= 11 is 0. The number of ether oxygens (including phenoxy) is 1. The van der Waals surface area contributed by atoms with Crippen LogP contribution in [0.3, 0.4) is 0 Å². The number of likely N-dealkylation sites (tertiary alicyclic amines) is 1. The van der Waals surface area contributed by atoms with Crippen LogP contribution in [0.4, 0.5) is 5.95 Å². The molecule has 2 aliphatic rings. The number of aromatic nitrogens is 2. The van der Waals surface area contributed by atoms with E-state index in [2.05, 4.69) is 20.9 Å². The van der Waals surface area contributed by atoms with Crippen molar-refractivity contribution in [3.63, 3.8) is 0 Å². The standard InChI is InChI=1S/C20H24N4O2/c1-26-17-5-2-4-16(12-17)14-24-15-20(13-18(24)25)6-10-23(11-7-20)19-21-8-3-9-22-19/h2-5,8-9,12H,6-7,10-11,13-15H2,1H3. The lowest BCUT2D eigenvalue weighted by Crippen LogP contribution is -2.42. The monoisotopic (exact) mass is 352 g/mol. The molecule has 2 saturated heterocycles. The lowest BCUT2D eigenvalue weighted by atomic mass is 9.77. The van der Waals surface area contributed by atoms with Crippen molar-refractivity contribution in [3.8, 4) is 5.75 Å².